The van der Waals surface area contributed by atoms with Crippen LogP contribution in [0.15, 0.2) is 12.7 Å². The molecule has 0 aliphatic rings. The van der Waals surface area contributed by atoms with Gasteiger partial charge in [0.1, 0.15) is 0 Å². The number of nitrogens with zero attached hydrogens (tertiary/aromatic N) is 2. The number of carboxylic acid groups (broad SMARTS) is 1. The SMILES string of the molecule is C=CCN(CC(=O)O)CC(=O)N(C)CC(=O)NCCC. The fourth-order valence-corrected chi connectivity index (χ4v) is 1.49. The monoisotopic (exact) mass is 285 g/mol. The highest BCUT2D eigenvalue weighted by atomic mass is 16.4. The van der Waals surface area contributed by atoms with E-state index in [4.69, 9.17) is 5.11 Å². The molecule has 0 aromatic carbocycles. The molecule has 0 rings (SSSR count). The quantitative estimate of drug-likeness (QED) is 0.530. The van der Waals surface area contributed by atoms with Crippen molar-refractivity contribution in [2.45, 2.75) is 13.3 Å². The third kappa shape index (κ3) is 8.25. The molecule has 0 heterocycles. The Bertz CT molecular complexity index is 358. The first-order valence-corrected chi connectivity index (χ1v) is 6.46. The second-order valence-corrected chi connectivity index (χ2v) is 4.45. The zero-order chi connectivity index (χ0) is 15.5. The first-order chi connectivity index (χ1) is 9.40. The maximum atomic E-state index is 11.9. The molecule has 7 nitrogen and oxygen atoms in total. The Kier molecular flexibility index (Phi) is 9.02. The Morgan fingerprint density at radius 1 is 1.25 bits per heavy atom. The highest BCUT2D eigenvalue weighted by molar-refractivity contribution is 5.85. The minimum absolute atomic E-state index is 0.0339. The molecule has 0 aromatic heterocycles. The Hall–Kier alpha value is -1.89. The van der Waals surface area contributed by atoms with Gasteiger partial charge in [0.15, 0.2) is 0 Å². The third-order valence-corrected chi connectivity index (χ3v) is 2.48. The summed E-state index contributed by atoms with van der Waals surface area (Å²) in [5.41, 5.74) is 0. The van der Waals surface area contributed by atoms with Crippen LogP contribution in [0.4, 0.5) is 0 Å². The van der Waals surface area contributed by atoms with Crippen LogP contribution in [0.3, 0.4) is 0 Å². The number of rotatable bonds is 10. The molecule has 0 fully saturated rings. The van der Waals surface area contributed by atoms with Gasteiger partial charge in [0, 0.05) is 20.1 Å². The summed E-state index contributed by atoms with van der Waals surface area (Å²) in [5.74, 6) is -1.54. The number of hydrogen-bond acceptors (Lipinski definition) is 4. The summed E-state index contributed by atoms with van der Waals surface area (Å²) >= 11 is 0. The number of nitrogens with one attached hydrogen (secondary N) is 1. The largest absolute Gasteiger partial charge is 0.480 e. The number of amides is 2. The van der Waals surface area contributed by atoms with Crippen LogP contribution >= 0.6 is 0 Å². The van der Waals surface area contributed by atoms with Gasteiger partial charge in [-0.2, -0.15) is 0 Å². The maximum absolute atomic E-state index is 11.9. The number of aliphatic carboxylic acids is 1. The van der Waals surface area contributed by atoms with Gasteiger partial charge in [-0.1, -0.05) is 13.0 Å². The van der Waals surface area contributed by atoms with E-state index in [9.17, 15) is 14.4 Å². The zero-order valence-electron chi connectivity index (χ0n) is 12.1. The predicted octanol–water partition coefficient (Wildman–Crippen LogP) is -0.456. The predicted molar refractivity (Wildman–Crippen MR) is 75.2 cm³/mol. The summed E-state index contributed by atoms with van der Waals surface area (Å²) in [6.07, 6.45) is 2.36. The van der Waals surface area contributed by atoms with E-state index in [1.54, 1.807) is 0 Å². The van der Waals surface area contributed by atoms with Gasteiger partial charge in [0.2, 0.25) is 11.8 Å². The summed E-state index contributed by atoms with van der Waals surface area (Å²) in [4.78, 5) is 36.8. The second kappa shape index (κ2) is 9.96. The number of carbonyl (C=O) groups is 3. The lowest BCUT2D eigenvalue weighted by molar-refractivity contribution is -0.140. The number of hydrogen-bond donors (Lipinski definition) is 2. The molecule has 0 aliphatic heterocycles. The molecule has 114 valence electrons. The molecule has 0 atom stereocenters. The van der Waals surface area contributed by atoms with Gasteiger partial charge in [-0.25, -0.2) is 0 Å². The average molecular weight is 285 g/mol. The van der Waals surface area contributed by atoms with Crippen LogP contribution in [-0.4, -0.2) is 72.5 Å². The number of likely N-dealkylation sites (N-methyl/N-ethyl adjacent to an activating group) is 1. The molecule has 2 N–H and O–H groups in total. The Morgan fingerprint density at radius 2 is 1.90 bits per heavy atom. The lowest BCUT2D eigenvalue weighted by Gasteiger charge is -2.22. The molecule has 0 unspecified atom stereocenters. The van der Waals surface area contributed by atoms with Gasteiger partial charge < -0.3 is 15.3 Å². The van der Waals surface area contributed by atoms with Gasteiger partial charge in [-0.3, -0.25) is 19.3 Å². The van der Waals surface area contributed by atoms with Crippen molar-refractivity contribution in [3.63, 3.8) is 0 Å². The van der Waals surface area contributed by atoms with Crippen LogP contribution in [0.5, 0.6) is 0 Å². The standard InChI is InChI=1S/C13H23N3O4/c1-4-6-14-11(17)8-15(3)12(18)9-16(7-5-2)10-13(19)20/h5H,2,4,6-10H2,1,3H3,(H,14,17)(H,19,20). The fourth-order valence-electron chi connectivity index (χ4n) is 1.49. The summed E-state index contributed by atoms with van der Waals surface area (Å²) in [6, 6.07) is 0. The second-order valence-electron chi connectivity index (χ2n) is 4.45. The fraction of sp³-hybridized carbons (Fsp3) is 0.615. The minimum atomic E-state index is -1.01. The molecule has 0 saturated heterocycles. The van der Waals surface area contributed by atoms with Crippen LogP contribution in [0, 0.1) is 0 Å². The van der Waals surface area contributed by atoms with Crippen molar-refractivity contribution < 1.29 is 19.5 Å². The van der Waals surface area contributed by atoms with E-state index in [1.165, 1.54) is 22.9 Å². The molecule has 0 radical (unpaired) electrons. The molecular formula is C13H23N3O4. The molecule has 0 saturated carbocycles. The van der Waals surface area contributed by atoms with E-state index in [0.717, 1.165) is 6.42 Å². The minimum Gasteiger partial charge on any atom is -0.480 e. The Labute approximate surface area is 119 Å². The lowest BCUT2D eigenvalue weighted by Crippen LogP contribution is -2.44. The smallest absolute Gasteiger partial charge is 0.317 e. The average Bonchev–Trinajstić information content (AvgIpc) is 2.35. The van der Waals surface area contributed by atoms with Crippen LogP contribution in [0.25, 0.3) is 0 Å². The van der Waals surface area contributed by atoms with Crippen LogP contribution in [-0.2, 0) is 14.4 Å². The Balaban J connectivity index is 4.29. The summed E-state index contributed by atoms with van der Waals surface area (Å²) in [7, 11) is 1.51. The van der Waals surface area contributed by atoms with Gasteiger partial charge in [0.25, 0.3) is 0 Å². The van der Waals surface area contributed by atoms with Gasteiger partial charge in [-0.15, -0.1) is 6.58 Å². The molecular weight excluding hydrogens is 262 g/mol. The molecule has 0 bridgehead atoms. The molecule has 0 spiro atoms. The van der Waals surface area contributed by atoms with Crippen molar-refractivity contribution in [3.8, 4) is 0 Å². The van der Waals surface area contributed by atoms with Crippen molar-refractivity contribution in [1.29, 1.82) is 0 Å². The highest BCUT2D eigenvalue weighted by Gasteiger charge is 2.17. The maximum Gasteiger partial charge on any atom is 0.317 e. The lowest BCUT2D eigenvalue weighted by atomic mass is 10.4. The molecule has 7 heteroatoms. The molecule has 0 aliphatic carbocycles. The summed E-state index contributed by atoms with van der Waals surface area (Å²) in [5, 5.41) is 11.4. The normalized spacial score (nSPS) is 10.2. The molecule has 20 heavy (non-hydrogen) atoms. The first-order valence-electron chi connectivity index (χ1n) is 6.46. The van der Waals surface area contributed by atoms with Gasteiger partial charge in [-0.05, 0) is 6.42 Å². The number of carbonyl (C=O) groups excluding carboxylic acids is 2. The zero-order valence-corrected chi connectivity index (χ0v) is 12.1. The van der Waals surface area contributed by atoms with Gasteiger partial charge in [0.05, 0.1) is 19.6 Å². The molecule has 2 amide bonds. The molecule has 0 aromatic rings. The van der Waals surface area contributed by atoms with Gasteiger partial charge >= 0.3 is 5.97 Å². The summed E-state index contributed by atoms with van der Waals surface area (Å²) < 4.78 is 0. The van der Waals surface area contributed by atoms with Crippen LogP contribution in [0.1, 0.15) is 13.3 Å². The van der Waals surface area contributed by atoms with Crippen molar-refractivity contribution in [1.82, 2.24) is 15.1 Å². The first kappa shape index (κ1) is 18.1. The van der Waals surface area contributed by atoms with Crippen LogP contribution < -0.4 is 5.32 Å². The van der Waals surface area contributed by atoms with E-state index in [1.807, 2.05) is 6.92 Å². The van der Waals surface area contributed by atoms with Crippen molar-refractivity contribution >= 4 is 17.8 Å². The van der Waals surface area contributed by atoms with E-state index >= 15 is 0 Å². The van der Waals surface area contributed by atoms with E-state index < -0.39 is 5.97 Å². The Morgan fingerprint density at radius 3 is 2.40 bits per heavy atom. The van der Waals surface area contributed by atoms with Crippen molar-refractivity contribution in [2.24, 2.45) is 0 Å². The van der Waals surface area contributed by atoms with Crippen LogP contribution in [0.2, 0.25) is 0 Å². The number of carboxylic acids is 1. The topological polar surface area (TPSA) is 90.0 Å². The van der Waals surface area contributed by atoms with Crippen molar-refractivity contribution in [2.75, 3.05) is 39.8 Å². The van der Waals surface area contributed by atoms with E-state index in [2.05, 4.69) is 11.9 Å². The highest BCUT2D eigenvalue weighted by Crippen LogP contribution is 1.93. The van der Waals surface area contributed by atoms with Crippen molar-refractivity contribution in [3.05, 3.63) is 12.7 Å². The van der Waals surface area contributed by atoms with E-state index in [-0.39, 0.29) is 31.4 Å². The summed E-state index contributed by atoms with van der Waals surface area (Å²) in [6.45, 7) is 5.99. The van der Waals surface area contributed by atoms with E-state index in [0.29, 0.717) is 13.1 Å². The third-order valence-electron chi connectivity index (χ3n) is 2.48.